The summed E-state index contributed by atoms with van der Waals surface area (Å²) < 4.78 is 38.7. The number of phenolic OH excluding ortho intramolecular Hbond substituents is 3. The Hall–Kier alpha value is -12.0. The van der Waals surface area contributed by atoms with E-state index in [0.29, 0.717) is 5.56 Å². The third kappa shape index (κ3) is 20.1. The van der Waals surface area contributed by atoms with E-state index in [9.17, 15) is 65.1 Å². The van der Waals surface area contributed by atoms with E-state index in [1.165, 1.54) is 33.0 Å². The number of fused-ring (bicyclic) bond motifs is 15. The largest absolute Gasteiger partial charge is 0.508 e. The van der Waals surface area contributed by atoms with Crippen molar-refractivity contribution in [2.75, 3.05) is 25.5 Å². The quantitative estimate of drug-likeness (QED) is 0.0434. The topological polar surface area (TPSA) is 551 Å². The number of anilines is 1. The molecule has 18 atom stereocenters. The van der Waals surface area contributed by atoms with E-state index in [1.54, 1.807) is 36.4 Å². The van der Waals surface area contributed by atoms with Crippen molar-refractivity contribution in [2.24, 2.45) is 17.4 Å². The summed E-state index contributed by atoms with van der Waals surface area (Å²) in [6.07, 6.45) is -9.66. The van der Waals surface area contributed by atoms with Crippen molar-refractivity contribution in [3.63, 3.8) is 0 Å². The Morgan fingerprint density at radius 1 is 0.694 bits per heavy atom. The molecule has 37 heteroatoms. The lowest BCUT2D eigenvalue weighted by Crippen LogP contribution is -2.64. The highest BCUT2D eigenvalue weighted by Gasteiger charge is 2.52. The van der Waals surface area contributed by atoms with Crippen LogP contribution in [-0.4, -0.2) is 198 Å². The molecule has 0 radical (unpaired) electrons. The van der Waals surface area contributed by atoms with Gasteiger partial charge in [-0.1, -0.05) is 97.6 Å². The average Bonchev–Trinajstić information content (AvgIpc) is 0.761. The van der Waals surface area contributed by atoms with E-state index in [1.807, 2.05) is 38.1 Å². The number of terminal acetylenes is 1. The van der Waals surface area contributed by atoms with Crippen LogP contribution < -0.4 is 73.5 Å². The third-order valence-electron chi connectivity index (χ3n) is 21.0. The third-order valence-corrected chi connectivity index (χ3v) is 21.5. The van der Waals surface area contributed by atoms with E-state index in [0.717, 1.165) is 77.9 Å². The fourth-order valence-corrected chi connectivity index (χ4v) is 15.0. The molecule has 7 aliphatic rings. The summed E-state index contributed by atoms with van der Waals surface area (Å²) in [6.45, 7) is 4.83. The minimum absolute atomic E-state index is 0.113. The number of halogens is 2. The lowest BCUT2D eigenvalue weighted by Gasteiger charge is -2.47. The van der Waals surface area contributed by atoms with Gasteiger partial charge in [0.1, 0.15) is 95.5 Å². The van der Waals surface area contributed by atoms with Crippen LogP contribution in [0.15, 0.2) is 127 Å². The molecule has 121 heavy (non-hydrogen) atoms. The molecular weight excluding hydrogens is 1620 g/mol. The summed E-state index contributed by atoms with van der Waals surface area (Å²) in [5.74, 6) is -13.8. The van der Waals surface area contributed by atoms with Crippen molar-refractivity contribution >= 4 is 94.2 Å². The van der Waals surface area contributed by atoms with E-state index in [4.69, 9.17) is 69.5 Å². The smallest absolute Gasteiger partial charge is 0.248 e. The normalized spacial score (nSPS) is 26.4. The van der Waals surface area contributed by atoms with Gasteiger partial charge in [0.15, 0.2) is 23.9 Å². The number of phenols is 3. The first-order chi connectivity index (χ1) is 57.5. The van der Waals surface area contributed by atoms with Gasteiger partial charge < -0.3 is 134 Å². The SMILES string of the molecule is C#Cc1ccc(C=Cc2ccc(NC(=O)CNC(=O)C3NC(=O)C4NC(=O)C(NC(=O)C5NC(=O)C(CC(N)=O)NC(=O)C(NC(=O)C(CC(C)C)NC)C(O)c6ccc(c(Cl)c6)Oc6cc5cc(c6OC5OC(CO)C(O)C(O)C5OC5CC(C)(N)C(O)C(C)O5)Oc5ccc(cc5Cl)C4O)c4ccc(O)c(c4)-c4c(O)cc(O)cc43)cc2)cc1. The van der Waals surface area contributed by atoms with Crippen LogP contribution >= 0.6 is 23.2 Å². The molecule has 7 aliphatic heterocycles. The van der Waals surface area contributed by atoms with Crippen molar-refractivity contribution < 1.29 is 118 Å². The van der Waals surface area contributed by atoms with E-state index >= 15 is 24.0 Å². The van der Waals surface area contributed by atoms with Gasteiger partial charge in [-0.25, -0.2) is 0 Å². The number of aliphatic hydroxyl groups is 6. The van der Waals surface area contributed by atoms with Gasteiger partial charge in [0.05, 0.1) is 47.9 Å². The van der Waals surface area contributed by atoms with Crippen LogP contribution in [0.4, 0.5) is 5.69 Å². The zero-order chi connectivity index (χ0) is 87.3. The molecule has 7 aromatic carbocycles. The highest BCUT2D eigenvalue weighted by atomic mass is 35.5. The fourth-order valence-electron chi connectivity index (χ4n) is 14.5. The average molecular weight is 1710 g/mol. The molecule has 7 heterocycles. The van der Waals surface area contributed by atoms with Crippen LogP contribution in [0, 0.1) is 18.3 Å². The number of primary amides is 1. The molecule has 2 saturated heterocycles. The van der Waals surface area contributed by atoms with E-state index < -0.39 is 250 Å². The number of benzene rings is 7. The summed E-state index contributed by atoms with van der Waals surface area (Å²) in [5.41, 5.74) is 10.7. The lowest BCUT2D eigenvalue weighted by atomic mass is 9.86. The summed E-state index contributed by atoms with van der Waals surface area (Å²) in [7, 11) is 1.47. The molecule has 14 rings (SSSR count). The lowest BCUT2D eigenvalue weighted by molar-refractivity contribution is -0.333. The summed E-state index contributed by atoms with van der Waals surface area (Å²) in [5, 5.41) is 128. The maximum atomic E-state index is 16.3. The van der Waals surface area contributed by atoms with Crippen molar-refractivity contribution in [3.05, 3.63) is 182 Å². The van der Waals surface area contributed by atoms with Gasteiger partial charge >= 0.3 is 0 Å². The van der Waals surface area contributed by atoms with E-state index in [2.05, 4.69) is 53.8 Å². The Bertz CT molecular complexity index is 5230. The maximum Gasteiger partial charge on any atom is 0.248 e. The fraction of sp³-hybridized carbons (Fsp3) is 0.345. The monoisotopic (exact) mass is 1710 g/mol. The highest BCUT2D eigenvalue weighted by molar-refractivity contribution is 6.32. The second-order valence-corrected chi connectivity index (χ2v) is 31.2. The maximum absolute atomic E-state index is 16.3. The number of hydrogen-bond acceptors (Lipinski definition) is 26. The van der Waals surface area contributed by atoms with Crippen LogP contribution in [0.3, 0.4) is 0 Å². The summed E-state index contributed by atoms with van der Waals surface area (Å²) in [4.78, 5) is 134. The number of aromatic hydroxyl groups is 3. The zero-order valence-electron chi connectivity index (χ0n) is 65.3. The molecule has 11 bridgehead atoms. The van der Waals surface area contributed by atoms with Crippen LogP contribution in [0.1, 0.15) is 122 Å². The number of nitrogens with one attached hydrogen (secondary N) is 9. The van der Waals surface area contributed by atoms with Gasteiger partial charge in [0.25, 0.3) is 0 Å². The van der Waals surface area contributed by atoms with Gasteiger partial charge in [0.2, 0.25) is 65.2 Å². The molecule has 638 valence electrons. The van der Waals surface area contributed by atoms with Gasteiger partial charge in [-0.3, -0.25) is 43.2 Å². The van der Waals surface area contributed by atoms with Gasteiger partial charge in [-0.15, -0.1) is 6.42 Å². The van der Waals surface area contributed by atoms with Crippen molar-refractivity contribution in [3.8, 4) is 69.5 Å². The van der Waals surface area contributed by atoms with Crippen LogP contribution in [0.5, 0.6) is 46.0 Å². The molecule has 35 nitrogen and oxygen atoms in total. The minimum atomic E-state index is -2.38. The molecule has 18 unspecified atom stereocenters. The predicted molar refractivity (Wildman–Crippen MR) is 433 cm³/mol. The minimum Gasteiger partial charge on any atom is -0.508 e. The number of rotatable bonds is 18. The molecule has 22 N–H and O–H groups in total. The standard InChI is InChI=1S/C84H89Cl2N11O24/c1-7-38-8-10-39(11-9-38)12-13-40-14-19-45(20-15-40)91-61(103)34-90-78(111)66-48-30-46(99)31-54(101)63(48)47-25-41(16-21-53(47)100)64-79(112)97-68(82(115)95-66)70(105)43-18-23-56(50(86)27-43)118-58-29-44-28-57(73(58)121-83-74(72(107)71(106)59(35-98)119-83)120-62-33-84(5,88)75(108)37(4)116-62)117-55-22-17-42(26-49(55)85)69(104)67(96-76(109)51(89-6)24-36(2)3)81(114)92-52(32-60(87)102)77(110)93-65(44)80(113)94-64/h1,8-23,25-31,36-37,51-52,59,62,64-72,74-75,83,89,98-101,104-108H,24,32-35,88H2,2-6H3,(H2,87,102)(H,90,111)(H,91,103)(H,92,114)(H,93,110)(H,94,113)(H,95,115)(H,96,109)(H,97,112). The van der Waals surface area contributed by atoms with Crippen molar-refractivity contribution in [1.29, 1.82) is 0 Å². The Balaban J connectivity index is 1.01. The Morgan fingerprint density at radius 2 is 1.30 bits per heavy atom. The van der Waals surface area contributed by atoms with Crippen LogP contribution in [0.2, 0.25) is 10.0 Å². The van der Waals surface area contributed by atoms with Gasteiger partial charge in [-0.2, -0.15) is 0 Å². The number of likely N-dealkylation sites (N-methyl/N-ethyl adjacent to an activating group) is 1. The number of nitrogens with two attached hydrogens (primary N) is 2. The molecule has 9 amide bonds. The van der Waals surface area contributed by atoms with Crippen LogP contribution in [-0.2, 0) is 57.4 Å². The number of carbonyl (C=O) groups is 9. The molecule has 0 saturated carbocycles. The summed E-state index contributed by atoms with van der Waals surface area (Å²) >= 11 is 14.3. The molecule has 0 aromatic heterocycles. The van der Waals surface area contributed by atoms with Crippen molar-refractivity contribution in [2.45, 2.75) is 156 Å². The molecule has 2 fully saturated rings. The first kappa shape index (κ1) is 88.3. The predicted octanol–water partition coefficient (Wildman–Crippen LogP) is 2.93. The van der Waals surface area contributed by atoms with E-state index in [-0.39, 0.29) is 51.9 Å². The van der Waals surface area contributed by atoms with Gasteiger partial charge in [-0.05, 0) is 151 Å². The first-order valence-electron chi connectivity index (χ1n) is 38.2. The Kier molecular flexibility index (Phi) is 27.2. The molecule has 7 aromatic rings. The molecular formula is C84H89Cl2N11O24. The number of amides is 9. The molecule has 0 aliphatic carbocycles. The number of ether oxygens (including phenoxy) is 6. The number of carbonyl (C=O) groups excluding carboxylic acids is 9. The number of hydrogen-bond donors (Lipinski definition) is 20. The highest BCUT2D eigenvalue weighted by Crippen LogP contribution is 2.50. The first-order valence-corrected chi connectivity index (χ1v) is 38.9. The zero-order valence-corrected chi connectivity index (χ0v) is 66.9. The Morgan fingerprint density at radius 3 is 1.89 bits per heavy atom. The second kappa shape index (κ2) is 37.3. The number of aliphatic hydroxyl groups excluding tert-OH is 6. The second-order valence-electron chi connectivity index (χ2n) is 30.4. The van der Waals surface area contributed by atoms with Gasteiger partial charge in [0, 0.05) is 40.4 Å². The molecule has 0 spiro atoms. The van der Waals surface area contributed by atoms with Crippen molar-refractivity contribution in [1.82, 2.24) is 42.5 Å². The summed E-state index contributed by atoms with van der Waals surface area (Å²) in [6, 6.07) is 13.3. The van der Waals surface area contributed by atoms with Crippen LogP contribution in [0.25, 0.3) is 23.3 Å². The Labute approximate surface area is 701 Å².